The van der Waals surface area contributed by atoms with Gasteiger partial charge in [-0.2, -0.15) is 0 Å². The zero-order chi connectivity index (χ0) is 13.8. The number of ether oxygens (including phenoxy) is 1. The van der Waals surface area contributed by atoms with Gasteiger partial charge in [-0.25, -0.2) is 12.7 Å². The molecule has 1 saturated heterocycles. The van der Waals surface area contributed by atoms with Gasteiger partial charge in [0.1, 0.15) is 0 Å². The van der Waals surface area contributed by atoms with Crippen LogP contribution in [0.4, 0.5) is 0 Å². The molecule has 1 unspecified atom stereocenters. The number of nitrogens with zero attached hydrogens (tertiary/aromatic N) is 3. The first-order chi connectivity index (χ1) is 8.33. The summed E-state index contributed by atoms with van der Waals surface area (Å²) in [5.74, 6) is 0.361. The molecule has 0 saturated carbocycles. The standard InChI is InChI=1S/C10H22N4O3S.HI/c1-9-8-14(5-6-17-9)10(11)12-4-7-18(15,16)13(2)3;/h9H,4-8H2,1-3H3,(H2,11,12);1H. The van der Waals surface area contributed by atoms with Crippen LogP contribution in [-0.2, 0) is 14.8 Å². The first kappa shape index (κ1) is 18.9. The van der Waals surface area contributed by atoms with Crippen LogP contribution >= 0.6 is 24.0 Å². The molecule has 0 aromatic rings. The Morgan fingerprint density at radius 1 is 1.53 bits per heavy atom. The molecule has 1 aliphatic heterocycles. The number of aliphatic imine (C=N–C) groups is 1. The topological polar surface area (TPSA) is 88.2 Å². The first-order valence-electron chi connectivity index (χ1n) is 5.89. The fraction of sp³-hybridized carbons (Fsp3) is 0.900. The molecule has 114 valence electrons. The molecule has 1 fully saturated rings. The van der Waals surface area contributed by atoms with E-state index in [0.717, 1.165) is 0 Å². The number of hydrogen-bond acceptors (Lipinski definition) is 4. The summed E-state index contributed by atoms with van der Waals surface area (Å²) in [4.78, 5) is 6.02. The average molecular weight is 406 g/mol. The van der Waals surface area contributed by atoms with Crippen LogP contribution in [0.3, 0.4) is 0 Å². The lowest BCUT2D eigenvalue weighted by Gasteiger charge is -2.31. The number of guanidine groups is 1. The van der Waals surface area contributed by atoms with E-state index in [0.29, 0.717) is 25.7 Å². The van der Waals surface area contributed by atoms with Crippen molar-refractivity contribution in [3.63, 3.8) is 0 Å². The lowest BCUT2D eigenvalue weighted by Crippen LogP contribution is -2.48. The molecule has 0 aromatic heterocycles. The van der Waals surface area contributed by atoms with E-state index in [-0.39, 0.29) is 42.4 Å². The van der Waals surface area contributed by atoms with Gasteiger partial charge in [0, 0.05) is 27.2 Å². The summed E-state index contributed by atoms with van der Waals surface area (Å²) in [6, 6.07) is 0. The molecule has 9 heteroatoms. The Hall–Kier alpha value is -0.130. The highest BCUT2D eigenvalue weighted by atomic mass is 127. The van der Waals surface area contributed by atoms with Crippen LogP contribution in [0.15, 0.2) is 4.99 Å². The Morgan fingerprint density at radius 2 is 2.16 bits per heavy atom. The Kier molecular flexibility index (Phi) is 8.17. The molecule has 0 aliphatic carbocycles. The Labute approximate surface area is 132 Å². The maximum atomic E-state index is 11.5. The molecule has 7 nitrogen and oxygen atoms in total. The van der Waals surface area contributed by atoms with E-state index in [4.69, 9.17) is 10.5 Å². The molecule has 0 spiro atoms. The highest BCUT2D eigenvalue weighted by molar-refractivity contribution is 14.0. The van der Waals surface area contributed by atoms with Gasteiger partial charge in [0.2, 0.25) is 10.0 Å². The van der Waals surface area contributed by atoms with Crippen molar-refractivity contribution in [1.29, 1.82) is 0 Å². The van der Waals surface area contributed by atoms with Gasteiger partial charge >= 0.3 is 0 Å². The summed E-state index contributed by atoms with van der Waals surface area (Å²) in [5, 5.41) is 0. The molecule has 1 atom stereocenters. The minimum Gasteiger partial charge on any atom is -0.375 e. The van der Waals surface area contributed by atoms with Crippen LogP contribution in [-0.4, -0.2) is 75.8 Å². The predicted molar refractivity (Wildman–Crippen MR) is 86.4 cm³/mol. The summed E-state index contributed by atoms with van der Waals surface area (Å²) in [5.41, 5.74) is 5.83. The third kappa shape index (κ3) is 6.23. The minimum absolute atomic E-state index is 0. The summed E-state index contributed by atoms with van der Waals surface area (Å²) in [6.07, 6.45) is 0.123. The van der Waals surface area contributed by atoms with Gasteiger partial charge in [0.05, 0.1) is 25.0 Å². The second kappa shape index (κ2) is 8.22. The van der Waals surface area contributed by atoms with Crippen LogP contribution in [0.25, 0.3) is 0 Å². The van der Waals surface area contributed by atoms with Crippen molar-refractivity contribution in [3.8, 4) is 0 Å². The summed E-state index contributed by atoms with van der Waals surface area (Å²) < 4.78 is 29.6. The maximum Gasteiger partial charge on any atom is 0.215 e. The normalized spacial score (nSPS) is 21.4. The van der Waals surface area contributed by atoms with Crippen molar-refractivity contribution in [1.82, 2.24) is 9.21 Å². The smallest absolute Gasteiger partial charge is 0.215 e. The zero-order valence-corrected chi connectivity index (χ0v) is 14.7. The fourth-order valence-electron chi connectivity index (χ4n) is 1.58. The molecule has 0 amide bonds. The zero-order valence-electron chi connectivity index (χ0n) is 11.6. The monoisotopic (exact) mass is 406 g/mol. The Balaban J connectivity index is 0.00000324. The molecule has 0 aromatic carbocycles. The molecular formula is C10H23IN4O3S. The number of morpholine rings is 1. The Morgan fingerprint density at radius 3 is 2.68 bits per heavy atom. The Bertz CT molecular complexity index is 400. The lowest BCUT2D eigenvalue weighted by molar-refractivity contribution is 0.00531. The summed E-state index contributed by atoms with van der Waals surface area (Å²) in [6.45, 7) is 4.15. The van der Waals surface area contributed by atoms with E-state index in [2.05, 4.69) is 4.99 Å². The van der Waals surface area contributed by atoms with Gasteiger partial charge < -0.3 is 15.4 Å². The van der Waals surface area contributed by atoms with Gasteiger partial charge in [-0.3, -0.25) is 4.99 Å². The van der Waals surface area contributed by atoms with Crippen LogP contribution < -0.4 is 5.73 Å². The quantitative estimate of drug-likeness (QED) is 0.388. The highest BCUT2D eigenvalue weighted by Crippen LogP contribution is 2.03. The van der Waals surface area contributed by atoms with Crippen LogP contribution in [0, 0.1) is 0 Å². The van der Waals surface area contributed by atoms with Gasteiger partial charge in [0.25, 0.3) is 0 Å². The molecule has 0 radical (unpaired) electrons. The van der Waals surface area contributed by atoms with Crippen LogP contribution in [0.1, 0.15) is 6.92 Å². The van der Waals surface area contributed by atoms with E-state index in [1.54, 1.807) is 0 Å². The van der Waals surface area contributed by atoms with E-state index in [9.17, 15) is 8.42 Å². The second-order valence-electron chi connectivity index (χ2n) is 4.47. The molecule has 0 bridgehead atoms. The predicted octanol–water partition coefficient (Wildman–Crippen LogP) is -0.469. The van der Waals surface area contributed by atoms with Gasteiger partial charge in [-0.15, -0.1) is 24.0 Å². The number of rotatable bonds is 4. The average Bonchev–Trinajstić information content (AvgIpc) is 2.28. The highest BCUT2D eigenvalue weighted by Gasteiger charge is 2.18. The minimum atomic E-state index is -3.21. The number of nitrogens with two attached hydrogens (primary N) is 1. The summed E-state index contributed by atoms with van der Waals surface area (Å²) in [7, 11) is -0.196. The van der Waals surface area contributed by atoms with Crippen molar-refractivity contribution in [3.05, 3.63) is 0 Å². The van der Waals surface area contributed by atoms with Gasteiger partial charge in [0.15, 0.2) is 5.96 Å². The third-order valence-electron chi connectivity index (χ3n) is 2.74. The molecule has 1 aliphatic rings. The van der Waals surface area contributed by atoms with Crippen molar-refractivity contribution in [2.75, 3.05) is 46.1 Å². The van der Waals surface area contributed by atoms with E-state index in [1.165, 1.54) is 18.4 Å². The largest absolute Gasteiger partial charge is 0.375 e. The van der Waals surface area contributed by atoms with E-state index < -0.39 is 10.0 Å². The SMILES string of the molecule is CC1CN(C(N)=NCCS(=O)(=O)N(C)C)CCO1.I. The molecular weight excluding hydrogens is 383 g/mol. The van der Waals surface area contributed by atoms with Crippen LogP contribution in [0.2, 0.25) is 0 Å². The van der Waals surface area contributed by atoms with Gasteiger partial charge in [-0.1, -0.05) is 0 Å². The maximum absolute atomic E-state index is 11.5. The van der Waals surface area contributed by atoms with E-state index in [1.807, 2.05) is 11.8 Å². The molecule has 1 rings (SSSR count). The van der Waals surface area contributed by atoms with Crippen molar-refractivity contribution in [2.24, 2.45) is 10.7 Å². The second-order valence-corrected chi connectivity index (χ2v) is 6.77. The summed E-state index contributed by atoms with van der Waals surface area (Å²) >= 11 is 0. The first-order valence-corrected chi connectivity index (χ1v) is 7.50. The van der Waals surface area contributed by atoms with Crippen molar-refractivity contribution < 1.29 is 13.2 Å². The van der Waals surface area contributed by atoms with E-state index >= 15 is 0 Å². The molecule has 2 N–H and O–H groups in total. The van der Waals surface area contributed by atoms with Crippen molar-refractivity contribution >= 4 is 40.0 Å². The third-order valence-corrected chi connectivity index (χ3v) is 4.56. The number of hydrogen-bond donors (Lipinski definition) is 1. The fourth-order valence-corrected chi connectivity index (χ4v) is 2.27. The van der Waals surface area contributed by atoms with Gasteiger partial charge in [-0.05, 0) is 6.92 Å². The number of sulfonamides is 1. The number of halogens is 1. The van der Waals surface area contributed by atoms with Crippen LogP contribution in [0.5, 0.6) is 0 Å². The molecule has 19 heavy (non-hydrogen) atoms. The molecule has 1 heterocycles. The lowest BCUT2D eigenvalue weighted by atomic mass is 10.3. The van der Waals surface area contributed by atoms with Crippen molar-refractivity contribution in [2.45, 2.75) is 13.0 Å².